The van der Waals surface area contributed by atoms with E-state index in [9.17, 15) is 33.6 Å². The highest BCUT2D eigenvalue weighted by Gasteiger charge is 2.38. The number of fused-ring (bicyclic) bond motifs is 1. The van der Waals surface area contributed by atoms with Gasteiger partial charge in [0.25, 0.3) is 0 Å². The van der Waals surface area contributed by atoms with Gasteiger partial charge in [-0.1, -0.05) is 30.3 Å². The van der Waals surface area contributed by atoms with Crippen molar-refractivity contribution in [1.82, 2.24) is 20.9 Å². The molecule has 2 aromatic carbocycles. The molecule has 5 amide bonds. The Morgan fingerprint density at radius 1 is 0.917 bits per heavy atom. The maximum atomic E-state index is 13.6. The molecule has 1 fully saturated rings. The summed E-state index contributed by atoms with van der Waals surface area (Å²) in [6.07, 6.45) is 0.345. The molecule has 14 nitrogen and oxygen atoms in total. The zero-order valence-corrected chi connectivity index (χ0v) is 26.9. The van der Waals surface area contributed by atoms with E-state index < -0.39 is 65.3 Å². The number of likely N-dealkylation sites (tertiary alicyclic amines) is 1. The van der Waals surface area contributed by atoms with Gasteiger partial charge in [-0.15, -0.1) is 0 Å². The van der Waals surface area contributed by atoms with Crippen molar-refractivity contribution < 1.29 is 38.3 Å². The van der Waals surface area contributed by atoms with Crippen LogP contribution in [0.15, 0.2) is 63.8 Å². The molecule has 0 radical (unpaired) electrons. The number of carbonyl (C=O) groups excluding carboxylic acids is 5. The van der Waals surface area contributed by atoms with Gasteiger partial charge in [0.05, 0.1) is 6.42 Å². The van der Waals surface area contributed by atoms with E-state index in [0.29, 0.717) is 29.5 Å². The number of hydrogen-bond acceptors (Lipinski definition) is 8. The fraction of sp³-hybridized carbons (Fsp3) is 0.382. The molecule has 1 aliphatic heterocycles. The van der Waals surface area contributed by atoms with Gasteiger partial charge >= 0.3 is 11.6 Å². The molecule has 0 saturated carbocycles. The number of carboxylic acids is 1. The molecule has 0 aliphatic carbocycles. The normalized spacial score (nSPS) is 16.0. The second kappa shape index (κ2) is 15.8. The zero-order chi connectivity index (χ0) is 35.0. The number of aliphatic carboxylic acids is 1. The average Bonchev–Trinajstić information content (AvgIpc) is 3.53. The van der Waals surface area contributed by atoms with E-state index in [1.165, 1.54) is 24.8 Å². The van der Waals surface area contributed by atoms with E-state index in [1.807, 2.05) is 30.3 Å². The molecule has 0 bridgehead atoms. The Morgan fingerprint density at radius 2 is 1.65 bits per heavy atom. The molecule has 1 saturated heterocycles. The summed E-state index contributed by atoms with van der Waals surface area (Å²) in [4.78, 5) is 89.1. The molecule has 5 N–H and O–H groups in total. The molecular weight excluding hydrogens is 622 g/mol. The molecule has 1 aliphatic rings. The number of nitrogens with one attached hydrogen (secondary N) is 4. The smallest absolute Gasteiger partial charge is 0.336 e. The summed E-state index contributed by atoms with van der Waals surface area (Å²) >= 11 is 0. The number of amides is 5. The van der Waals surface area contributed by atoms with Crippen molar-refractivity contribution in [1.29, 1.82) is 0 Å². The number of anilines is 1. The Bertz CT molecular complexity index is 1760. The molecule has 0 unspecified atom stereocenters. The Balaban J connectivity index is 1.43. The minimum absolute atomic E-state index is 0.156. The molecule has 4 atom stereocenters. The van der Waals surface area contributed by atoms with Crippen LogP contribution in [0.25, 0.3) is 11.0 Å². The van der Waals surface area contributed by atoms with Gasteiger partial charge < -0.3 is 35.7 Å². The van der Waals surface area contributed by atoms with E-state index in [2.05, 4.69) is 21.3 Å². The number of nitrogens with zero attached hydrogens (tertiary/aromatic N) is 1. The third-order valence-corrected chi connectivity index (χ3v) is 8.04. The van der Waals surface area contributed by atoms with Gasteiger partial charge in [0.1, 0.15) is 29.8 Å². The molecule has 1 aromatic heterocycles. The maximum Gasteiger partial charge on any atom is 0.336 e. The molecule has 14 heteroatoms. The van der Waals surface area contributed by atoms with Gasteiger partial charge in [-0.25, -0.2) is 4.79 Å². The fourth-order valence-corrected chi connectivity index (χ4v) is 5.51. The van der Waals surface area contributed by atoms with Crippen molar-refractivity contribution in [3.63, 3.8) is 0 Å². The number of aryl methyl sites for hydroxylation is 1. The van der Waals surface area contributed by atoms with Gasteiger partial charge in [-0.2, -0.15) is 0 Å². The highest BCUT2D eigenvalue weighted by Crippen LogP contribution is 2.22. The molecular formula is C34H39N5O9. The standard InChI is InChI=1S/C34H39N5O9/c1-19-16-30(43)48-27-18-23(11-12-24(19)27)37-32(45)25(17-22-8-5-4-6-9-22)38-33(46)26-10-7-15-39(26)34(47)21(3)36-31(44)20(2)35-28(40)13-14-29(41)42/h4-6,8-9,11-12,16,18,20-21,25-26H,7,10,13-15,17H2,1-3H3,(H,35,40)(H,36,44)(H,37,45)(H,38,46)(H,41,42)/t20-,21-,25+,26+/m1/s1. The fourth-order valence-electron chi connectivity index (χ4n) is 5.51. The van der Waals surface area contributed by atoms with Crippen molar-refractivity contribution in [2.24, 2.45) is 0 Å². The van der Waals surface area contributed by atoms with E-state index in [-0.39, 0.29) is 25.8 Å². The Hall–Kier alpha value is -5.53. The minimum atomic E-state index is -1.14. The van der Waals surface area contributed by atoms with Crippen LogP contribution in [0.4, 0.5) is 5.69 Å². The van der Waals surface area contributed by atoms with Crippen molar-refractivity contribution in [2.45, 2.75) is 77.0 Å². The van der Waals surface area contributed by atoms with Crippen LogP contribution in [0.1, 0.15) is 50.7 Å². The molecule has 4 rings (SSSR count). The zero-order valence-electron chi connectivity index (χ0n) is 26.9. The largest absolute Gasteiger partial charge is 0.481 e. The maximum absolute atomic E-state index is 13.6. The number of carbonyl (C=O) groups is 6. The summed E-state index contributed by atoms with van der Waals surface area (Å²) in [5.74, 6) is -3.97. The topological polar surface area (TPSA) is 204 Å². The lowest BCUT2D eigenvalue weighted by atomic mass is 10.0. The lowest BCUT2D eigenvalue weighted by molar-refractivity contribution is -0.142. The predicted octanol–water partition coefficient (Wildman–Crippen LogP) is 1.63. The Kier molecular flexibility index (Phi) is 11.7. The second-order valence-electron chi connectivity index (χ2n) is 11.8. The first-order valence-electron chi connectivity index (χ1n) is 15.6. The van der Waals surface area contributed by atoms with E-state index in [1.54, 1.807) is 25.1 Å². The number of benzene rings is 2. The molecule has 2 heterocycles. The first kappa shape index (κ1) is 35.3. The van der Waals surface area contributed by atoms with Crippen molar-refractivity contribution in [2.75, 3.05) is 11.9 Å². The molecule has 0 spiro atoms. The SMILES string of the molecule is Cc1cc(=O)oc2cc(NC(=O)[C@H](Cc3ccccc3)NC(=O)[C@@H]3CCCN3C(=O)[C@@H](C)NC(=O)[C@@H](C)NC(=O)CCC(=O)O)ccc12. The van der Waals surface area contributed by atoms with Gasteiger partial charge in [0, 0.05) is 42.6 Å². The van der Waals surface area contributed by atoms with Gasteiger partial charge in [-0.05, 0) is 56.9 Å². The van der Waals surface area contributed by atoms with Crippen LogP contribution in [0.3, 0.4) is 0 Å². The monoisotopic (exact) mass is 661 g/mol. The first-order chi connectivity index (χ1) is 22.8. The van der Waals surface area contributed by atoms with E-state index >= 15 is 0 Å². The van der Waals surface area contributed by atoms with E-state index in [4.69, 9.17) is 9.52 Å². The Labute approximate surface area is 276 Å². The molecule has 48 heavy (non-hydrogen) atoms. The highest BCUT2D eigenvalue weighted by molar-refractivity contribution is 6.00. The summed E-state index contributed by atoms with van der Waals surface area (Å²) in [6, 6.07) is 11.4. The third-order valence-electron chi connectivity index (χ3n) is 8.04. The minimum Gasteiger partial charge on any atom is -0.481 e. The van der Waals surface area contributed by atoms with Crippen LogP contribution in [-0.4, -0.2) is 76.2 Å². The second-order valence-corrected chi connectivity index (χ2v) is 11.8. The van der Waals surface area contributed by atoms with Crippen LogP contribution in [0.5, 0.6) is 0 Å². The van der Waals surface area contributed by atoms with Crippen LogP contribution < -0.4 is 26.9 Å². The summed E-state index contributed by atoms with van der Waals surface area (Å²) < 4.78 is 5.30. The van der Waals surface area contributed by atoms with Crippen LogP contribution in [0.2, 0.25) is 0 Å². The van der Waals surface area contributed by atoms with Crippen molar-refractivity contribution in [3.8, 4) is 0 Å². The van der Waals surface area contributed by atoms with Gasteiger partial charge in [-0.3, -0.25) is 28.8 Å². The number of rotatable bonds is 13. The first-order valence-corrected chi connectivity index (χ1v) is 15.6. The van der Waals surface area contributed by atoms with Crippen LogP contribution >= 0.6 is 0 Å². The molecule has 3 aromatic rings. The summed E-state index contributed by atoms with van der Waals surface area (Å²) in [5.41, 5.74) is 1.67. The van der Waals surface area contributed by atoms with Crippen LogP contribution in [-0.2, 0) is 35.2 Å². The van der Waals surface area contributed by atoms with Crippen molar-refractivity contribution in [3.05, 3.63) is 76.1 Å². The van der Waals surface area contributed by atoms with Crippen LogP contribution in [0, 0.1) is 6.92 Å². The summed E-state index contributed by atoms with van der Waals surface area (Å²) in [6.45, 7) is 4.91. The van der Waals surface area contributed by atoms with Gasteiger partial charge in [0.2, 0.25) is 29.5 Å². The quantitative estimate of drug-likeness (QED) is 0.169. The lowest BCUT2D eigenvalue weighted by Crippen LogP contribution is -2.56. The predicted molar refractivity (Wildman–Crippen MR) is 175 cm³/mol. The van der Waals surface area contributed by atoms with Gasteiger partial charge in [0.15, 0.2) is 0 Å². The van der Waals surface area contributed by atoms with E-state index in [0.717, 1.165) is 11.1 Å². The Morgan fingerprint density at radius 3 is 2.35 bits per heavy atom. The average molecular weight is 662 g/mol. The lowest BCUT2D eigenvalue weighted by Gasteiger charge is -2.29. The number of hydrogen-bond donors (Lipinski definition) is 5. The highest BCUT2D eigenvalue weighted by atomic mass is 16.4. The summed E-state index contributed by atoms with van der Waals surface area (Å²) in [7, 11) is 0. The molecule has 254 valence electrons. The van der Waals surface area contributed by atoms with Crippen molar-refractivity contribution >= 4 is 52.2 Å². The third kappa shape index (κ3) is 9.27. The number of carboxylic acid groups (broad SMARTS) is 1. The summed E-state index contributed by atoms with van der Waals surface area (Å²) in [5, 5.41) is 20.0.